The van der Waals surface area contributed by atoms with Gasteiger partial charge in [0.2, 0.25) is 0 Å². The second-order valence-corrected chi connectivity index (χ2v) is 5.54. The molecule has 3 nitrogen and oxygen atoms in total. The molecule has 1 heterocycles. The Morgan fingerprint density at radius 2 is 2.16 bits per heavy atom. The van der Waals surface area contributed by atoms with E-state index in [1.807, 2.05) is 22.9 Å². The molecule has 2 aromatic rings. The number of aromatic nitrogens is 2. The van der Waals surface area contributed by atoms with Gasteiger partial charge in [-0.1, -0.05) is 30.5 Å². The Hall–Kier alpha value is -1.48. The summed E-state index contributed by atoms with van der Waals surface area (Å²) < 4.78 is 1.96. The minimum Gasteiger partial charge on any atom is -0.383 e. The first kappa shape index (κ1) is 12.5. The molecule has 1 saturated carbocycles. The molecule has 0 amide bonds. The van der Waals surface area contributed by atoms with Crippen LogP contribution in [-0.4, -0.2) is 16.1 Å². The van der Waals surface area contributed by atoms with Crippen molar-refractivity contribution in [2.45, 2.75) is 25.7 Å². The molecule has 0 unspecified atom stereocenters. The van der Waals surface area contributed by atoms with Crippen LogP contribution >= 0.6 is 11.6 Å². The molecular formula is C15H18ClN3. The smallest absolute Gasteiger partial charge is 0.0992 e. The molecule has 1 aliphatic carbocycles. The maximum atomic E-state index is 6.33. The van der Waals surface area contributed by atoms with E-state index >= 15 is 0 Å². The van der Waals surface area contributed by atoms with Crippen LogP contribution in [0.15, 0.2) is 36.9 Å². The zero-order chi connectivity index (χ0) is 13.1. The van der Waals surface area contributed by atoms with Crippen LogP contribution in [0.3, 0.4) is 0 Å². The lowest BCUT2D eigenvalue weighted by atomic mass is 10.1. The molecule has 1 aromatic carbocycles. The second kappa shape index (κ2) is 5.66. The summed E-state index contributed by atoms with van der Waals surface area (Å²) in [5.41, 5.74) is 2.07. The summed E-state index contributed by atoms with van der Waals surface area (Å²) in [6, 6.07) is 5.98. The van der Waals surface area contributed by atoms with Crippen molar-refractivity contribution in [3.05, 3.63) is 41.9 Å². The largest absolute Gasteiger partial charge is 0.383 e. The summed E-state index contributed by atoms with van der Waals surface area (Å²) in [6.45, 7) is 1.03. The van der Waals surface area contributed by atoms with E-state index in [0.717, 1.165) is 28.9 Å². The van der Waals surface area contributed by atoms with Gasteiger partial charge in [0.05, 0.1) is 22.7 Å². The molecule has 1 aliphatic rings. The molecule has 0 saturated heterocycles. The third-order valence-electron chi connectivity index (χ3n) is 3.81. The Balaban J connectivity index is 1.82. The van der Waals surface area contributed by atoms with Crippen molar-refractivity contribution in [2.24, 2.45) is 5.92 Å². The highest BCUT2D eigenvalue weighted by atomic mass is 35.5. The molecule has 0 radical (unpaired) electrons. The lowest BCUT2D eigenvalue weighted by Gasteiger charge is -2.16. The molecule has 100 valence electrons. The Kier molecular flexibility index (Phi) is 3.74. The van der Waals surface area contributed by atoms with E-state index in [2.05, 4.69) is 16.4 Å². The fourth-order valence-electron chi connectivity index (χ4n) is 2.78. The van der Waals surface area contributed by atoms with Crippen molar-refractivity contribution in [1.82, 2.24) is 9.55 Å². The molecule has 19 heavy (non-hydrogen) atoms. The van der Waals surface area contributed by atoms with E-state index < -0.39 is 0 Å². The molecular weight excluding hydrogens is 258 g/mol. The fraction of sp³-hybridized carbons (Fsp3) is 0.400. The van der Waals surface area contributed by atoms with E-state index in [1.165, 1.54) is 25.7 Å². The summed E-state index contributed by atoms with van der Waals surface area (Å²) in [4.78, 5) is 4.09. The molecule has 0 atom stereocenters. The minimum atomic E-state index is 0.745. The normalized spacial score (nSPS) is 15.8. The van der Waals surface area contributed by atoms with Gasteiger partial charge in [0.15, 0.2) is 0 Å². The third kappa shape index (κ3) is 2.76. The number of imidazole rings is 1. The molecule has 4 heteroatoms. The van der Waals surface area contributed by atoms with Gasteiger partial charge in [0.1, 0.15) is 0 Å². The summed E-state index contributed by atoms with van der Waals surface area (Å²) in [6.07, 6.45) is 10.9. The predicted octanol–water partition coefficient (Wildman–Crippen LogP) is 4.13. The molecule has 0 bridgehead atoms. The molecule has 1 fully saturated rings. The molecule has 1 aromatic heterocycles. The summed E-state index contributed by atoms with van der Waals surface area (Å²) in [5.74, 6) is 0.801. The Morgan fingerprint density at radius 3 is 2.89 bits per heavy atom. The average Bonchev–Trinajstić information content (AvgIpc) is 3.09. The number of benzene rings is 1. The number of halogens is 1. The van der Waals surface area contributed by atoms with Gasteiger partial charge in [-0.25, -0.2) is 4.98 Å². The molecule has 0 spiro atoms. The highest BCUT2D eigenvalue weighted by Gasteiger charge is 2.16. The first-order valence-electron chi connectivity index (χ1n) is 6.85. The van der Waals surface area contributed by atoms with Gasteiger partial charge < -0.3 is 9.88 Å². The van der Waals surface area contributed by atoms with Crippen molar-refractivity contribution in [3.8, 4) is 5.69 Å². The topological polar surface area (TPSA) is 29.9 Å². The molecule has 3 rings (SSSR count). The number of hydrogen-bond acceptors (Lipinski definition) is 2. The van der Waals surface area contributed by atoms with Gasteiger partial charge in [0.25, 0.3) is 0 Å². The van der Waals surface area contributed by atoms with Crippen LogP contribution in [0.5, 0.6) is 0 Å². The van der Waals surface area contributed by atoms with Crippen molar-refractivity contribution < 1.29 is 0 Å². The van der Waals surface area contributed by atoms with Crippen LogP contribution in [0.25, 0.3) is 5.69 Å². The third-order valence-corrected chi connectivity index (χ3v) is 4.11. The minimum absolute atomic E-state index is 0.745. The number of anilines is 1. The van der Waals surface area contributed by atoms with E-state index in [4.69, 9.17) is 11.6 Å². The van der Waals surface area contributed by atoms with Crippen molar-refractivity contribution in [3.63, 3.8) is 0 Å². The number of rotatable bonds is 4. The quantitative estimate of drug-likeness (QED) is 0.909. The van der Waals surface area contributed by atoms with Gasteiger partial charge in [-0.2, -0.15) is 0 Å². The Morgan fingerprint density at radius 1 is 1.32 bits per heavy atom. The highest BCUT2D eigenvalue weighted by Crippen LogP contribution is 2.30. The van der Waals surface area contributed by atoms with Gasteiger partial charge >= 0.3 is 0 Å². The van der Waals surface area contributed by atoms with Crippen molar-refractivity contribution >= 4 is 17.3 Å². The SMILES string of the molecule is Clc1cccc(NCC2CCCC2)c1-n1ccnc1. The van der Waals surface area contributed by atoms with Crippen LogP contribution in [0.2, 0.25) is 5.02 Å². The van der Waals surface area contributed by atoms with Crippen molar-refractivity contribution in [1.29, 1.82) is 0 Å². The zero-order valence-corrected chi connectivity index (χ0v) is 11.6. The van der Waals surface area contributed by atoms with E-state index in [9.17, 15) is 0 Å². The Bertz CT molecular complexity index is 530. The lowest BCUT2D eigenvalue weighted by Crippen LogP contribution is -2.12. The predicted molar refractivity (Wildman–Crippen MR) is 79.0 cm³/mol. The van der Waals surface area contributed by atoms with Crippen LogP contribution in [0.1, 0.15) is 25.7 Å². The maximum absolute atomic E-state index is 6.33. The average molecular weight is 276 g/mol. The zero-order valence-electron chi connectivity index (χ0n) is 10.8. The van der Waals surface area contributed by atoms with Gasteiger partial charge in [-0.15, -0.1) is 0 Å². The summed E-state index contributed by atoms with van der Waals surface area (Å²) >= 11 is 6.33. The highest BCUT2D eigenvalue weighted by molar-refractivity contribution is 6.33. The first-order chi connectivity index (χ1) is 9.34. The summed E-state index contributed by atoms with van der Waals surface area (Å²) in [7, 11) is 0. The lowest BCUT2D eigenvalue weighted by molar-refractivity contribution is 0.580. The van der Waals surface area contributed by atoms with Gasteiger partial charge in [-0.05, 0) is 30.9 Å². The van der Waals surface area contributed by atoms with Crippen LogP contribution < -0.4 is 5.32 Å². The first-order valence-corrected chi connectivity index (χ1v) is 7.23. The monoisotopic (exact) mass is 275 g/mol. The Labute approximate surface area is 118 Å². The number of para-hydroxylation sites is 1. The maximum Gasteiger partial charge on any atom is 0.0992 e. The standard InChI is InChI=1S/C15H18ClN3/c16-13-6-3-7-14(15(13)19-9-8-17-11-19)18-10-12-4-1-2-5-12/h3,6-9,11-12,18H,1-2,4-5,10H2. The van der Waals surface area contributed by atoms with E-state index in [0.29, 0.717) is 0 Å². The van der Waals surface area contributed by atoms with E-state index in [-0.39, 0.29) is 0 Å². The van der Waals surface area contributed by atoms with Crippen LogP contribution in [-0.2, 0) is 0 Å². The van der Waals surface area contributed by atoms with E-state index in [1.54, 1.807) is 12.5 Å². The molecule has 1 N–H and O–H groups in total. The van der Waals surface area contributed by atoms with Crippen LogP contribution in [0, 0.1) is 5.92 Å². The van der Waals surface area contributed by atoms with Gasteiger partial charge in [-0.3, -0.25) is 0 Å². The number of nitrogens with one attached hydrogen (secondary N) is 1. The van der Waals surface area contributed by atoms with Crippen LogP contribution in [0.4, 0.5) is 5.69 Å². The fourth-order valence-corrected chi connectivity index (χ4v) is 3.05. The van der Waals surface area contributed by atoms with Crippen molar-refractivity contribution in [2.75, 3.05) is 11.9 Å². The number of hydrogen-bond donors (Lipinski definition) is 1. The second-order valence-electron chi connectivity index (χ2n) is 5.14. The summed E-state index contributed by atoms with van der Waals surface area (Å²) in [5, 5.41) is 4.30. The number of nitrogens with zero attached hydrogens (tertiary/aromatic N) is 2. The molecule has 0 aliphatic heterocycles. The van der Waals surface area contributed by atoms with Gasteiger partial charge in [0, 0.05) is 18.9 Å².